The molecule has 0 saturated heterocycles. The molecule has 0 radical (unpaired) electrons. The van der Waals surface area contributed by atoms with E-state index in [0.29, 0.717) is 24.4 Å². The van der Waals surface area contributed by atoms with Gasteiger partial charge in [-0.25, -0.2) is 9.78 Å². The molecule has 0 bridgehead atoms. The van der Waals surface area contributed by atoms with Gasteiger partial charge in [0.2, 0.25) is 0 Å². The Morgan fingerprint density at radius 3 is 2.17 bits per heavy atom. The fourth-order valence-electron chi connectivity index (χ4n) is 3.18. The summed E-state index contributed by atoms with van der Waals surface area (Å²) in [5, 5.41) is 9.08. The molecule has 0 aliphatic carbocycles. The molecule has 0 aliphatic heterocycles. The summed E-state index contributed by atoms with van der Waals surface area (Å²) < 4.78 is 1.82. The number of aromatic carboxylic acids is 1. The number of imidazole rings is 1. The third-order valence-corrected chi connectivity index (χ3v) is 4.66. The molecule has 6 nitrogen and oxygen atoms in total. The van der Waals surface area contributed by atoms with Crippen molar-refractivity contribution in [3.05, 3.63) is 108 Å². The molecule has 0 fully saturated rings. The van der Waals surface area contributed by atoms with E-state index in [1.807, 2.05) is 59.1 Å². The second-order valence-electron chi connectivity index (χ2n) is 6.74. The number of fused-ring (bicyclic) bond motifs is 1. The second kappa shape index (κ2) is 7.98. The Balaban J connectivity index is 1.63. The van der Waals surface area contributed by atoms with Crippen LogP contribution in [0.4, 0.5) is 0 Å². The Kier molecular flexibility index (Phi) is 5.07. The van der Waals surface area contributed by atoms with Crippen molar-refractivity contribution in [3.8, 4) is 0 Å². The summed E-state index contributed by atoms with van der Waals surface area (Å²) >= 11 is 0. The van der Waals surface area contributed by atoms with Gasteiger partial charge in [0, 0.05) is 25.5 Å². The maximum absolute atomic E-state index is 13.3. The van der Waals surface area contributed by atoms with Gasteiger partial charge in [-0.1, -0.05) is 48.5 Å². The predicted molar refractivity (Wildman–Crippen MR) is 109 cm³/mol. The molecule has 1 amide bonds. The SMILES string of the molecule is O=C(O)c1ccc(CN(Cc2ccccc2)C(=O)c2cn3ccccc3n2)cc1. The Labute approximate surface area is 167 Å². The first-order valence-corrected chi connectivity index (χ1v) is 9.19. The van der Waals surface area contributed by atoms with Crippen LogP contribution in [0.15, 0.2) is 85.2 Å². The Morgan fingerprint density at radius 1 is 0.862 bits per heavy atom. The zero-order valence-electron chi connectivity index (χ0n) is 15.6. The molecule has 0 spiro atoms. The maximum Gasteiger partial charge on any atom is 0.335 e. The fourth-order valence-corrected chi connectivity index (χ4v) is 3.18. The van der Waals surface area contributed by atoms with Crippen LogP contribution in [0.3, 0.4) is 0 Å². The van der Waals surface area contributed by atoms with Crippen molar-refractivity contribution in [1.29, 1.82) is 0 Å². The van der Waals surface area contributed by atoms with Crippen molar-refractivity contribution in [2.24, 2.45) is 0 Å². The molecule has 4 rings (SSSR count). The highest BCUT2D eigenvalue weighted by atomic mass is 16.4. The van der Waals surface area contributed by atoms with Crippen LogP contribution in [-0.2, 0) is 13.1 Å². The largest absolute Gasteiger partial charge is 0.478 e. The molecular formula is C23H19N3O3. The number of rotatable bonds is 6. The number of benzene rings is 2. The van der Waals surface area contributed by atoms with Gasteiger partial charge in [0.15, 0.2) is 0 Å². The monoisotopic (exact) mass is 385 g/mol. The van der Waals surface area contributed by atoms with Crippen molar-refractivity contribution in [2.45, 2.75) is 13.1 Å². The second-order valence-corrected chi connectivity index (χ2v) is 6.74. The van der Waals surface area contributed by atoms with Crippen LogP contribution in [0.25, 0.3) is 5.65 Å². The van der Waals surface area contributed by atoms with Crippen molar-refractivity contribution in [2.75, 3.05) is 0 Å². The number of nitrogens with zero attached hydrogens (tertiary/aromatic N) is 3. The molecule has 144 valence electrons. The Bertz CT molecular complexity index is 1120. The van der Waals surface area contributed by atoms with Crippen LogP contribution in [0.1, 0.15) is 32.0 Å². The average molecular weight is 385 g/mol. The number of carbonyl (C=O) groups is 2. The van der Waals surface area contributed by atoms with Gasteiger partial charge in [-0.05, 0) is 35.4 Å². The summed E-state index contributed by atoms with van der Waals surface area (Å²) in [6.07, 6.45) is 3.58. The van der Waals surface area contributed by atoms with Gasteiger partial charge in [0.25, 0.3) is 5.91 Å². The lowest BCUT2D eigenvalue weighted by atomic mass is 10.1. The van der Waals surface area contributed by atoms with Gasteiger partial charge < -0.3 is 14.4 Å². The highest BCUT2D eigenvalue weighted by Gasteiger charge is 2.20. The van der Waals surface area contributed by atoms with E-state index in [1.165, 1.54) is 0 Å². The van der Waals surface area contributed by atoms with E-state index in [0.717, 1.165) is 11.1 Å². The van der Waals surface area contributed by atoms with Gasteiger partial charge >= 0.3 is 5.97 Å². The van der Waals surface area contributed by atoms with E-state index in [4.69, 9.17) is 5.11 Å². The Hall–Kier alpha value is -3.93. The maximum atomic E-state index is 13.3. The zero-order valence-corrected chi connectivity index (χ0v) is 15.6. The highest BCUT2D eigenvalue weighted by Crippen LogP contribution is 2.15. The van der Waals surface area contributed by atoms with E-state index < -0.39 is 5.97 Å². The molecule has 1 N–H and O–H groups in total. The number of hydrogen-bond acceptors (Lipinski definition) is 3. The molecule has 6 heteroatoms. The van der Waals surface area contributed by atoms with E-state index in [1.54, 1.807) is 35.4 Å². The van der Waals surface area contributed by atoms with E-state index in [9.17, 15) is 9.59 Å². The van der Waals surface area contributed by atoms with Crippen LogP contribution in [0.2, 0.25) is 0 Å². The number of amides is 1. The summed E-state index contributed by atoms with van der Waals surface area (Å²) in [6.45, 7) is 0.774. The minimum atomic E-state index is -0.974. The van der Waals surface area contributed by atoms with Crippen molar-refractivity contribution in [3.63, 3.8) is 0 Å². The van der Waals surface area contributed by atoms with Crippen LogP contribution < -0.4 is 0 Å². The lowest BCUT2D eigenvalue weighted by Crippen LogP contribution is -2.30. The van der Waals surface area contributed by atoms with Crippen molar-refractivity contribution < 1.29 is 14.7 Å². The van der Waals surface area contributed by atoms with Crippen molar-refractivity contribution >= 4 is 17.5 Å². The minimum Gasteiger partial charge on any atom is -0.478 e. The molecule has 2 aromatic heterocycles. The molecule has 2 aromatic carbocycles. The molecule has 0 unspecified atom stereocenters. The quantitative estimate of drug-likeness (QED) is 0.547. The van der Waals surface area contributed by atoms with Gasteiger partial charge in [-0.2, -0.15) is 0 Å². The summed E-state index contributed by atoms with van der Waals surface area (Å²) in [5.74, 6) is -1.15. The van der Waals surface area contributed by atoms with Crippen LogP contribution >= 0.6 is 0 Å². The normalized spacial score (nSPS) is 10.8. The molecule has 2 heterocycles. The van der Waals surface area contributed by atoms with Crippen LogP contribution in [0, 0.1) is 0 Å². The summed E-state index contributed by atoms with van der Waals surface area (Å²) in [6, 6.07) is 21.9. The van der Waals surface area contributed by atoms with Crippen LogP contribution in [0.5, 0.6) is 0 Å². The topological polar surface area (TPSA) is 74.9 Å². The molecule has 4 aromatic rings. The average Bonchev–Trinajstić information content (AvgIpc) is 3.18. The standard InChI is InChI=1S/C23H19N3O3/c27-22(20-16-25-13-5-4-8-21(25)24-20)26(14-17-6-2-1-3-7-17)15-18-9-11-19(12-10-18)23(28)29/h1-13,16H,14-15H2,(H,28,29). The molecule has 29 heavy (non-hydrogen) atoms. The lowest BCUT2D eigenvalue weighted by Gasteiger charge is -2.22. The first-order chi connectivity index (χ1) is 14.1. The number of carboxylic acid groups (broad SMARTS) is 1. The fraction of sp³-hybridized carbons (Fsp3) is 0.0870. The molecule has 0 saturated carbocycles. The summed E-state index contributed by atoms with van der Waals surface area (Å²) in [5.41, 5.74) is 3.15. The smallest absolute Gasteiger partial charge is 0.335 e. The van der Waals surface area contributed by atoms with E-state index in [-0.39, 0.29) is 11.5 Å². The zero-order chi connectivity index (χ0) is 20.2. The van der Waals surface area contributed by atoms with Gasteiger partial charge in [0.1, 0.15) is 11.3 Å². The highest BCUT2D eigenvalue weighted by molar-refractivity contribution is 5.93. The number of hydrogen-bond donors (Lipinski definition) is 1. The minimum absolute atomic E-state index is 0.181. The van der Waals surface area contributed by atoms with Crippen molar-refractivity contribution in [1.82, 2.24) is 14.3 Å². The molecule has 0 aliphatic rings. The Morgan fingerprint density at radius 2 is 1.52 bits per heavy atom. The first-order valence-electron chi connectivity index (χ1n) is 9.19. The number of aromatic nitrogens is 2. The molecular weight excluding hydrogens is 366 g/mol. The summed E-state index contributed by atoms with van der Waals surface area (Å²) in [4.78, 5) is 30.5. The van der Waals surface area contributed by atoms with Gasteiger partial charge in [-0.3, -0.25) is 4.79 Å². The number of carboxylic acids is 1. The molecule has 0 atom stereocenters. The van der Waals surface area contributed by atoms with E-state index >= 15 is 0 Å². The lowest BCUT2D eigenvalue weighted by molar-refractivity contribution is 0.0693. The first kappa shape index (κ1) is 18.4. The third kappa shape index (κ3) is 4.16. The third-order valence-electron chi connectivity index (χ3n) is 4.66. The van der Waals surface area contributed by atoms with Crippen LogP contribution in [-0.4, -0.2) is 31.3 Å². The number of pyridine rings is 1. The van der Waals surface area contributed by atoms with E-state index in [2.05, 4.69) is 4.98 Å². The number of carbonyl (C=O) groups excluding carboxylic acids is 1. The van der Waals surface area contributed by atoms with Gasteiger partial charge in [-0.15, -0.1) is 0 Å². The summed E-state index contributed by atoms with van der Waals surface area (Å²) in [7, 11) is 0. The predicted octanol–water partition coefficient (Wildman–Crippen LogP) is 3.88. The van der Waals surface area contributed by atoms with Gasteiger partial charge in [0.05, 0.1) is 5.56 Å².